The van der Waals surface area contributed by atoms with Crippen LogP contribution in [0.2, 0.25) is 0 Å². The van der Waals surface area contributed by atoms with Crippen molar-refractivity contribution in [3.05, 3.63) is 46.9 Å². The summed E-state index contributed by atoms with van der Waals surface area (Å²) in [6.45, 7) is 9.23. The van der Waals surface area contributed by atoms with Gasteiger partial charge in [-0.25, -0.2) is 0 Å². The zero-order chi connectivity index (χ0) is 9.14. The number of aliphatic hydroxyl groups is 1. The maximum Gasteiger partial charge on any atom is 0.125 e. The predicted octanol–water partition coefficient (Wildman–Crippen LogP) is 1.34. The van der Waals surface area contributed by atoms with Crippen molar-refractivity contribution in [1.82, 2.24) is 0 Å². The third-order valence-electron chi connectivity index (χ3n) is 1.68. The Balaban J connectivity index is 3.56. The molecule has 0 unspecified atom stereocenters. The molecule has 1 heteroatoms. The van der Waals surface area contributed by atoms with Crippen LogP contribution in [0.15, 0.2) is 36.4 Å². The Morgan fingerprint density at radius 1 is 1.33 bits per heavy atom. The van der Waals surface area contributed by atoms with E-state index in [9.17, 15) is 5.11 Å². The van der Waals surface area contributed by atoms with Crippen LogP contribution in [0.1, 0.15) is 6.92 Å². The first kappa shape index (κ1) is 8.60. The topological polar surface area (TPSA) is 20.2 Å². The first-order chi connectivity index (χ1) is 5.63. The van der Waals surface area contributed by atoms with Gasteiger partial charge in [-0.3, -0.25) is 0 Å². The number of benzene rings is 1. The number of rotatable bonds is 1. The molecule has 1 nitrogen and oxygen atoms in total. The predicted molar refractivity (Wildman–Crippen MR) is 52.1 cm³/mol. The van der Waals surface area contributed by atoms with Crippen LogP contribution in [0.4, 0.5) is 0 Å². The minimum absolute atomic E-state index is 0.223. The monoisotopic (exact) mass is 160 g/mol. The lowest BCUT2D eigenvalue weighted by atomic mass is 10.2. The van der Waals surface area contributed by atoms with Crippen molar-refractivity contribution in [2.24, 2.45) is 0 Å². The summed E-state index contributed by atoms with van der Waals surface area (Å²) in [6, 6.07) is 7.43. The van der Waals surface area contributed by atoms with Gasteiger partial charge < -0.3 is 5.11 Å². The first-order valence-corrected chi connectivity index (χ1v) is 3.76. The minimum Gasteiger partial charge on any atom is -0.507 e. The zero-order valence-electron chi connectivity index (χ0n) is 7.17. The molecule has 0 atom stereocenters. The van der Waals surface area contributed by atoms with E-state index in [1.807, 2.05) is 24.3 Å². The van der Waals surface area contributed by atoms with Crippen LogP contribution in [0, 0.1) is 0 Å². The fourth-order valence-corrected chi connectivity index (χ4v) is 0.981. The van der Waals surface area contributed by atoms with Crippen LogP contribution in [0.5, 0.6) is 0 Å². The average molecular weight is 160 g/mol. The van der Waals surface area contributed by atoms with Crippen molar-refractivity contribution in [3.8, 4) is 0 Å². The Morgan fingerprint density at radius 3 is 2.42 bits per heavy atom. The van der Waals surface area contributed by atoms with E-state index in [1.165, 1.54) is 0 Å². The Morgan fingerprint density at radius 2 is 1.92 bits per heavy atom. The van der Waals surface area contributed by atoms with Crippen LogP contribution in [0.3, 0.4) is 0 Å². The van der Waals surface area contributed by atoms with Crippen LogP contribution >= 0.6 is 0 Å². The Bertz CT molecular complexity index is 401. The van der Waals surface area contributed by atoms with Gasteiger partial charge in [0.1, 0.15) is 5.76 Å². The minimum atomic E-state index is 0.223. The number of aliphatic hydroxyl groups excluding tert-OH is 1. The van der Waals surface area contributed by atoms with Gasteiger partial charge >= 0.3 is 0 Å². The second-order valence-corrected chi connectivity index (χ2v) is 2.79. The van der Waals surface area contributed by atoms with E-state index < -0.39 is 0 Å². The smallest absolute Gasteiger partial charge is 0.125 e. The van der Waals surface area contributed by atoms with E-state index in [4.69, 9.17) is 0 Å². The summed E-state index contributed by atoms with van der Waals surface area (Å²) in [5.41, 5.74) is 0.658. The highest BCUT2D eigenvalue weighted by molar-refractivity contribution is 5.53. The molecule has 0 heterocycles. The van der Waals surface area contributed by atoms with Gasteiger partial charge in [0, 0.05) is 5.22 Å². The summed E-state index contributed by atoms with van der Waals surface area (Å²) >= 11 is 0. The van der Waals surface area contributed by atoms with Gasteiger partial charge in [0.25, 0.3) is 0 Å². The molecular weight excluding hydrogens is 148 g/mol. The molecule has 1 N–H and O–H groups in total. The SMILES string of the molecule is C=C(C)/C(O)=c1/ccccc1=C. The van der Waals surface area contributed by atoms with Gasteiger partial charge in [-0.1, -0.05) is 37.4 Å². The average Bonchev–Trinajstić information content (AvgIpc) is 2.04. The van der Waals surface area contributed by atoms with Crippen molar-refractivity contribution in [2.45, 2.75) is 6.92 Å². The molecule has 12 heavy (non-hydrogen) atoms. The highest BCUT2D eigenvalue weighted by atomic mass is 16.3. The van der Waals surface area contributed by atoms with Crippen LogP contribution in [-0.2, 0) is 0 Å². The van der Waals surface area contributed by atoms with Crippen molar-refractivity contribution < 1.29 is 5.11 Å². The highest BCUT2D eigenvalue weighted by Crippen LogP contribution is 1.98. The fourth-order valence-electron chi connectivity index (χ4n) is 0.981. The molecular formula is C11H12O. The van der Waals surface area contributed by atoms with Crippen molar-refractivity contribution in [2.75, 3.05) is 0 Å². The van der Waals surface area contributed by atoms with Gasteiger partial charge in [-0.05, 0) is 17.7 Å². The molecule has 1 aromatic rings. The number of hydrogen-bond acceptors (Lipinski definition) is 1. The molecule has 1 rings (SSSR count). The van der Waals surface area contributed by atoms with Crippen molar-refractivity contribution in [1.29, 1.82) is 0 Å². The summed E-state index contributed by atoms with van der Waals surface area (Å²) in [7, 11) is 0. The fraction of sp³-hybridized carbons (Fsp3) is 0.0909. The molecule has 0 aliphatic rings. The molecule has 0 radical (unpaired) electrons. The molecule has 0 aliphatic heterocycles. The summed E-state index contributed by atoms with van der Waals surface area (Å²) in [4.78, 5) is 0. The lowest BCUT2D eigenvalue weighted by Gasteiger charge is -1.97. The Kier molecular flexibility index (Phi) is 2.34. The maximum atomic E-state index is 9.56. The molecule has 1 aromatic carbocycles. The highest BCUT2D eigenvalue weighted by Gasteiger charge is 1.94. The van der Waals surface area contributed by atoms with Gasteiger partial charge in [0.2, 0.25) is 0 Å². The van der Waals surface area contributed by atoms with Crippen molar-refractivity contribution in [3.63, 3.8) is 0 Å². The Labute approximate surface area is 72.0 Å². The summed E-state index contributed by atoms with van der Waals surface area (Å²) in [6.07, 6.45) is 0. The third-order valence-corrected chi connectivity index (χ3v) is 1.68. The van der Waals surface area contributed by atoms with Crippen LogP contribution < -0.4 is 10.4 Å². The lowest BCUT2D eigenvalue weighted by Crippen LogP contribution is -2.25. The first-order valence-electron chi connectivity index (χ1n) is 3.76. The maximum absolute atomic E-state index is 9.56. The Hall–Kier alpha value is -1.50. The molecule has 0 bridgehead atoms. The van der Waals surface area contributed by atoms with Gasteiger partial charge in [-0.15, -0.1) is 0 Å². The van der Waals surface area contributed by atoms with E-state index in [0.29, 0.717) is 5.57 Å². The molecule has 0 aromatic heterocycles. The summed E-state index contributed by atoms with van der Waals surface area (Å²) in [5.74, 6) is 0.223. The second-order valence-electron chi connectivity index (χ2n) is 2.79. The molecule has 0 amide bonds. The molecule has 0 saturated carbocycles. The quantitative estimate of drug-likeness (QED) is 0.657. The molecule has 0 fully saturated rings. The van der Waals surface area contributed by atoms with Crippen molar-refractivity contribution >= 4 is 12.3 Å². The van der Waals surface area contributed by atoms with E-state index in [2.05, 4.69) is 13.2 Å². The molecule has 0 aliphatic carbocycles. The van der Waals surface area contributed by atoms with Gasteiger partial charge in [-0.2, -0.15) is 0 Å². The largest absolute Gasteiger partial charge is 0.507 e. The normalized spacial score (nSPS) is 12.4. The second kappa shape index (κ2) is 3.26. The third kappa shape index (κ3) is 1.56. The summed E-state index contributed by atoms with van der Waals surface area (Å²) < 4.78 is 0. The van der Waals surface area contributed by atoms with E-state index in [0.717, 1.165) is 10.4 Å². The standard InChI is InChI=1S/C11H12O/c1-8(2)11(12)10-7-5-4-6-9(10)3/h4-7,12H,1,3H2,2H3/b11-10+. The van der Waals surface area contributed by atoms with E-state index in [1.54, 1.807) is 6.92 Å². The summed E-state index contributed by atoms with van der Waals surface area (Å²) in [5, 5.41) is 11.1. The van der Waals surface area contributed by atoms with Crippen LogP contribution in [-0.4, -0.2) is 5.11 Å². The molecule has 0 saturated heterocycles. The van der Waals surface area contributed by atoms with E-state index in [-0.39, 0.29) is 5.76 Å². The van der Waals surface area contributed by atoms with Gasteiger partial charge in [0.15, 0.2) is 0 Å². The molecule has 62 valence electrons. The lowest BCUT2D eigenvalue weighted by molar-refractivity contribution is 0.505. The molecule has 0 spiro atoms. The number of hydrogen-bond donors (Lipinski definition) is 1. The van der Waals surface area contributed by atoms with Crippen LogP contribution in [0.25, 0.3) is 12.3 Å². The van der Waals surface area contributed by atoms with Gasteiger partial charge in [0.05, 0.1) is 0 Å². The van der Waals surface area contributed by atoms with E-state index >= 15 is 0 Å². The zero-order valence-corrected chi connectivity index (χ0v) is 7.17.